The first-order valence-corrected chi connectivity index (χ1v) is 29.2. The molecule has 6 aromatic rings. The molecule has 0 radical (unpaired) electrons. The van der Waals surface area contributed by atoms with Crippen LogP contribution >= 0.6 is 15.1 Å². The predicted octanol–water partition coefficient (Wildman–Crippen LogP) is 19.6. The van der Waals surface area contributed by atoms with Crippen molar-refractivity contribution in [3.63, 3.8) is 0 Å². The summed E-state index contributed by atoms with van der Waals surface area (Å²) in [6.45, 7) is 26.1. The minimum Gasteiger partial charge on any atom is -0.358 e. The van der Waals surface area contributed by atoms with Crippen molar-refractivity contribution in [2.45, 2.75) is 154 Å². The van der Waals surface area contributed by atoms with Gasteiger partial charge in [-0.15, -0.1) is 0 Å². The minimum atomic E-state index is -6.13. The van der Waals surface area contributed by atoms with E-state index in [4.69, 9.17) is 0 Å². The Morgan fingerprint density at radius 1 is 0.367 bits per heavy atom. The van der Waals surface area contributed by atoms with E-state index in [1.807, 2.05) is 32.0 Å². The molecular formula is C60H60BF24NOP2Pd. The number of nitrogens with zero attached hydrogens (tertiary/aromatic N) is 1. The molecule has 0 fully saturated rings. The van der Waals surface area contributed by atoms with Crippen LogP contribution in [0, 0.1) is 21.3 Å². The van der Waals surface area contributed by atoms with Crippen molar-refractivity contribution in [3.05, 3.63) is 179 Å². The van der Waals surface area contributed by atoms with E-state index < -0.39 is 202 Å². The molecule has 0 unspecified atom stereocenters. The van der Waals surface area contributed by atoms with E-state index in [1.165, 1.54) is 5.30 Å². The Kier molecular flexibility index (Phi) is 25.1. The summed E-state index contributed by atoms with van der Waals surface area (Å²) >= 11 is 0. The van der Waals surface area contributed by atoms with Gasteiger partial charge in [-0.25, -0.2) is 0 Å². The zero-order chi connectivity index (χ0) is 68.1. The molecule has 0 aliphatic heterocycles. The summed E-state index contributed by atoms with van der Waals surface area (Å²) < 4.78 is 355. The molecule has 1 aromatic heterocycles. The van der Waals surface area contributed by atoms with Crippen LogP contribution in [0.5, 0.6) is 0 Å². The molecule has 5 aromatic carbocycles. The van der Waals surface area contributed by atoms with Gasteiger partial charge in [0.2, 0.25) is 0 Å². The average Bonchev–Trinajstić information content (AvgIpc) is 0.745. The van der Waals surface area contributed by atoms with Gasteiger partial charge in [0.25, 0.3) is 0 Å². The summed E-state index contributed by atoms with van der Waals surface area (Å²) in [7, 11) is -2.92. The van der Waals surface area contributed by atoms with Crippen LogP contribution in [-0.4, -0.2) is 32.8 Å². The van der Waals surface area contributed by atoms with Crippen LogP contribution in [0.1, 0.15) is 125 Å². The first-order valence-electron chi connectivity index (χ1n) is 26.0. The second kappa shape index (κ2) is 27.9. The molecule has 30 heteroatoms. The van der Waals surface area contributed by atoms with Crippen molar-refractivity contribution < 1.29 is 130 Å². The average molecular weight is 1450 g/mol. The summed E-state index contributed by atoms with van der Waals surface area (Å²) in [5.74, 6) is 0. The van der Waals surface area contributed by atoms with Crippen LogP contribution < -0.4 is 32.5 Å². The molecule has 502 valence electrons. The maximum Gasteiger partial charge on any atom is 2.00 e. The van der Waals surface area contributed by atoms with Gasteiger partial charge in [0.1, 0.15) is 13.3 Å². The molecule has 0 saturated heterocycles. The molecule has 0 N–H and O–H groups in total. The molecule has 0 amide bonds. The predicted molar refractivity (Wildman–Crippen MR) is 300 cm³/mol. The number of aryl methyl sites for hydroxylation is 2. The van der Waals surface area contributed by atoms with Crippen LogP contribution in [0.3, 0.4) is 0 Å². The van der Waals surface area contributed by atoms with Crippen molar-refractivity contribution in [2.24, 2.45) is 0 Å². The van der Waals surface area contributed by atoms with Gasteiger partial charge in [-0.3, -0.25) is 4.98 Å². The van der Waals surface area contributed by atoms with Crippen LogP contribution in [0.4, 0.5) is 105 Å². The summed E-state index contributed by atoms with van der Waals surface area (Å²) in [5, 5.41) is 2.02. The van der Waals surface area contributed by atoms with Crippen molar-refractivity contribution in [2.75, 3.05) is 0 Å². The molecule has 0 aliphatic rings. The Bertz CT molecular complexity index is 2990. The number of rotatable bonds is 8. The zero-order valence-electron chi connectivity index (χ0n) is 49.8. The fourth-order valence-electron chi connectivity index (χ4n) is 10.6. The van der Waals surface area contributed by atoms with Crippen LogP contribution in [0.2, 0.25) is 0 Å². The molecule has 90 heavy (non-hydrogen) atoms. The molecule has 0 bridgehead atoms. The Morgan fingerprint density at radius 2 is 0.578 bits per heavy atom. The summed E-state index contributed by atoms with van der Waals surface area (Å²) in [4.78, 5) is 4.17. The molecule has 2 nitrogen and oxygen atoms in total. The molecular weight excluding hydrogens is 1390 g/mol. The Balaban J connectivity index is 0.000000685. The summed E-state index contributed by atoms with van der Waals surface area (Å²) in [6.07, 6.45) is -54.8. The van der Waals surface area contributed by atoms with Gasteiger partial charge in [-0.05, 0) is 66.9 Å². The molecule has 1 heterocycles. The Morgan fingerprint density at radius 3 is 0.744 bits per heavy atom. The molecule has 0 atom stereocenters. The van der Waals surface area contributed by atoms with Crippen molar-refractivity contribution in [1.29, 1.82) is 0 Å². The Labute approximate surface area is 519 Å². The van der Waals surface area contributed by atoms with Gasteiger partial charge < -0.3 is 12.0 Å². The van der Waals surface area contributed by atoms with E-state index in [2.05, 4.69) is 98.5 Å². The second-order valence-electron chi connectivity index (χ2n) is 23.2. The molecule has 6 rings (SSSR count). The first kappa shape index (κ1) is 81.0. The van der Waals surface area contributed by atoms with E-state index in [1.54, 1.807) is 0 Å². The van der Waals surface area contributed by atoms with Gasteiger partial charge in [0.15, 0.2) is 0 Å². The fourth-order valence-corrected chi connectivity index (χ4v) is 18.4. The maximum atomic E-state index is 14.4. The van der Waals surface area contributed by atoms with E-state index >= 15 is 0 Å². The third-order valence-electron chi connectivity index (χ3n) is 14.0. The summed E-state index contributed by atoms with van der Waals surface area (Å²) in [5.41, 5.74) is -26.8. The van der Waals surface area contributed by atoms with E-state index in [0.717, 1.165) is 16.7 Å². The number of hydrogen-bond acceptors (Lipinski definition) is 2. The largest absolute Gasteiger partial charge is 2.00 e. The smallest absolute Gasteiger partial charge is 0.358 e. The zero-order valence-corrected chi connectivity index (χ0v) is 53.2. The number of aromatic nitrogens is 1. The quantitative estimate of drug-likeness (QED) is 0.0658. The second-order valence-corrected chi connectivity index (χ2v) is 30.9. The number of halogens is 24. The molecule has 0 saturated carbocycles. The monoisotopic (exact) mass is 1450 g/mol. The number of alkyl halides is 24. The van der Waals surface area contributed by atoms with E-state index in [-0.39, 0.29) is 46.1 Å². The SMILES string of the molecule is CC(C)P(c1ccccc1P(=O)(C(C)(C)C)C(C)(C)C)C(C)C.Cc1cccc(C)n1.FC(F)(F)c1cc([B-](c2cc(C(F)(F)F)cc(C(F)(F)F)c2)(c2cc(C(F)(F)F)cc(C(F)(F)F)c2)c2cc(C(F)(F)F)cc(C(F)(F)F)c2)cc(C(F)(F)F)c1.[CH3-].[Pd+2]. The Hall–Kier alpha value is -5.04. The topological polar surface area (TPSA) is 30.0 Å². The van der Waals surface area contributed by atoms with Gasteiger partial charge in [-0.2, -0.15) is 127 Å². The summed E-state index contributed by atoms with van der Waals surface area (Å²) in [6, 6.07) is 5.76. The van der Waals surface area contributed by atoms with E-state index in [9.17, 15) is 110 Å². The molecule has 0 aliphatic carbocycles. The number of benzene rings is 5. The van der Waals surface area contributed by atoms with Gasteiger partial charge in [0, 0.05) is 27.0 Å². The van der Waals surface area contributed by atoms with Gasteiger partial charge in [0.05, 0.1) is 44.5 Å². The van der Waals surface area contributed by atoms with Crippen molar-refractivity contribution in [3.8, 4) is 0 Å². The maximum absolute atomic E-state index is 14.4. The van der Waals surface area contributed by atoms with Gasteiger partial charge >= 0.3 is 69.8 Å². The third kappa shape index (κ3) is 18.8. The van der Waals surface area contributed by atoms with Crippen molar-refractivity contribution in [1.82, 2.24) is 4.98 Å². The first-order chi connectivity index (χ1) is 39.3. The number of pyridine rings is 1. The van der Waals surface area contributed by atoms with Crippen LogP contribution in [-0.2, 0) is 74.4 Å². The van der Waals surface area contributed by atoms with Gasteiger partial charge in [-0.1, -0.05) is 156 Å². The number of hydrogen-bond donors (Lipinski definition) is 0. The van der Waals surface area contributed by atoms with Crippen LogP contribution in [0.25, 0.3) is 0 Å². The third-order valence-corrected chi connectivity index (χ3v) is 22.2. The normalized spacial score (nSPS) is 13.5. The van der Waals surface area contributed by atoms with E-state index in [0.29, 0.717) is 11.3 Å². The fraction of sp³-hybridized carbons (Fsp3) is 0.400. The molecule has 0 spiro atoms. The minimum absolute atomic E-state index is 0. The van der Waals surface area contributed by atoms with Crippen LogP contribution in [0.15, 0.2) is 115 Å². The van der Waals surface area contributed by atoms with Crippen molar-refractivity contribution >= 4 is 53.7 Å². The standard InChI is InChI=1S/C32H12BF24.C20H36OP2.C7H9N.CH3.Pd/c34-25(35,36)13-1-14(26(37,38)39)6-21(5-13)33(22-7-15(27(40,41)42)2-16(8-22)28(43,44)45,23-9-17(29(46,47)48)3-18(10-23)30(49,50)51)24-11-19(31(52,53)54)4-20(12-24)32(55,56)57;1-15(2)22(16(3)4)17-13-11-12-14-18(17)23(21,19(5,6)7)20(8,9)10;1-6-4-3-5-7(2)8-6;;/h1-12H;11-16H,1-10H3;3-5H,1-2H3;1H3;/q-1;;;-1;+2.